The first-order valence-electron chi connectivity index (χ1n) is 9.59. The molecular weight excluding hydrogens is 390 g/mol. The molecule has 0 saturated carbocycles. The van der Waals surface area contributed by atoms with Crippen molar-refractivity contribution in [2.75, 3.05) is 33.9 Å². The van der Waals surface area contributed by atoms with Gasteiger partial charge in [-0.15, -0.1) is 11.3 Å². The Bertz CT molecular complexity index is 984. The van der Waals surface area contributed by atoms with E-state index in [2.05, 4.69) is 9.97 Å². The average molecular weight is 418 g/mol. The zero-order valence-electron chi connectivity index (χ0n) is 17.0. The summed E-state index contributed by atoms with van der Waals surface area (Å²) < 4.78 is 10.4. The maximum atomic E-state index is 12.8. The Labute approximate surface area is 173 Å². The second-order valence-corrected chi connectivity index (χ2v) is 7.72. The van der Waals surface area contributed by atoms with Crippen molar-refractivity contribution >= 4 is 21.6 Å². The quantitative estimate of drug-likeness (QED) is 0.527. The van der Waals surface area contributed by atoms with Gasteiger partial charge in [-0.1, -0.05) is 19.1 Å². The normalized spacial score (nSPS) is 12.6. The highest BCUT2D eigenvalue weighted by molar-refractivity contribution is 7.17. The first-order chi connectivity index (χ1) is 14.0. The highest BCUT2D eigenvalue weighted by atomic mass is 32.1. The number of hydrogen-bond donors (Lipinski definition) is 2. The Morgan fingerprint density at radius 1 is 1.28 bits per heavy atom. The Morgan fingerprint density at radius 2 is 2.03 bits per heavy atom. The van der Waals surface area contributed by atoms with Crippen molar-refractivity contribution in [3.63, 3.8) is 0 Å². The summed E-state index contributed by atoms with van der Waals surface area (Å²) in [5.41, 5.74) is 1.66. The fraction of sp³-hybridized carbons (Fsp3) is 0.429. The van der Waals surface area contributed by atoms with Gasteiger partial charge in [-0.2, -0.15) is 0 Å². The lowest BCUT2D eigenvalue weighted by atomic mass is 10.1. The van der Waals surface area contributed by atoms with Crippen LogP contribution in [0.25, 0.3) is 21.3 Å². The summed E-state index contributed by atoms with van der Waals surface area (Å²) in [6.07, 6.45) is 0.244. The number of methoxy groups -OCH3 is 2. The number of thiophene rings is 1. The summed E-state index contributed by atoms with van der Waals surface area (Å²) in [5.74, 6) is 1.36. The van der Waals surface area contributed by atoms with Gasteiger partial charge in [0.25, 0.3) is 5.56 Å². The van der Waals surface area contributed by atoms with Crippen LogP contribution >= 0.6 is 11.3 Å². The Balaban J connectivity index is 1.88. The molecule has 0 aliphatic rings. The van der Waals surface area contributed by atoms with Crippen molar-refractivity contribution in [2.24, 2.45) is 0 Å². The van der Waals surface area contributed by atoms with E-state index in [4.69, 9.17) is 9.47 Å². The minimum absolute atomic E-state index is 0.153. The maximum Gasteiger partial charge on any atom is 0.260 e. The van der Waals surface area contributed by atoms with Crippen molar-refractivity contribution in [2.45, 2.75) is 26.0 Å². The van der Waals surface area contributed by atoms with Crippen LogP contribution in [0.15, 0.2) is 34.4 Å². The zero-order valence-corrected chi connectivity index (χ0v) is 17.8. The number of nitrogens with one attached hydrogen (secondary N) is 1. The average Bonchev–Trinajstić information content (AvgIpc) is 3.16. The lowest BCUT2D eigenvalue weighted by Gasteiger charge is -2.23. The number of fused-ring (bicyclic) bond motifs is 1. The SMILES string of the molecule is CCC(O)CN(CCOC)Cc1nc2scc(-c3ccc(OC)cc3)c2c(=O)[nH]1. The monoisotopic (exact) mass is 417 g/mol. The van der Waals surface area contributed by atoms with E-state index in [1.165, 1.54) is 11.3 Å². The van der Waals surface area contributed by atoms with E-state index in [0.717, 1.165) is 16.9 Å². The van der Waals surface area contributed by atoms with E-state index in [-0.39, 0.29) is 5.56 Å². The molecule has 156 valence electrons. The molecule has 0 fully saturated rings. The van der Waals surface area contributed by atoms with Crippen LogP contribution in [0.2, 0.25) is 0 Å². The molecule has 1 aromatic carbocycles. The molecule has 2 N–H and O–H groups in total. The van der Waals surface area contributed by atoms with Gasteiger partial charge in [-0.3, -0.25) is 9.69 Å². The number of benzene rings is 1. The molecule has 29 heavy (non-hydrogen) atoms. The molecule has 2 aromatic heterocycles. The van der Waals surface area contributed by atoms with Gasteiger partial charge in [0.2, 0.25) is 0 Å². The van der Waals surface area contributed by atoms with E-state index < -0.39 is 6.10 Å². The number of aromatic amines is 1. The highest BCUT2D eigenvalue weighted by Crippen LogP contribution is 2.31. The molecule has 1 unspecified atom stereocenters. The van der Waals surface area contributed by atoms with Crippen LogP contribution in [0.3, 0.4) is 0 Å². The van der Waals surface area contributed by atoms with Crippen LogP contribution in [-0.2, 0) is 11.3 Å². The molecule has 7 nitrogen and oxygen atoms in total. The van der Waals surface area contributed by atoms with Gasteiger partial charge >= 0.3 is 0 Å². The minimum Gasteiger partial charge on any atom is -0.497 e. The number of aliphatic hydroxyl groups excluding tert-OH is 1. The molecule has 0 amide bonds. The minimum atomic E-state index is -0.425. The number of aromatic nitrogens is 2. The van der Waals surface area contributed by atoms with Gasteiger partial charge in [-0.05, 0) is 24.1 Å². The second kappa shape index (κ2) is 9.98. The van der Waals surface area contributed by atoms with Gasteiger partial charge < -0.3 is 19.6 Å². The van der Waals surface area contributed by atoms with E-state index >= 15 is 0 Å². The standard InChI is InChI=1S/C21H27N3O4S/c1-4-15(25)11-24(9-10-27-2)12-18-22-20(26)19-17(13-29-21(19)23-18)14-5-7-16(28-3)8-6-14/h5-8,13,15,25H,4,9-12H2,1-3H3,(H,22,23,26). The number of nitrogens with zero attached hydrogens (tertiary/aromatic N) is 2. The largest absolute Gasteiger partial charge is 0.497 e. The lowest BCUT2D eigenvalue weighted by Crippen LogP contribution is -2.35. The molecule has 0 radical (unpaired) electrons. The third-order valence-electron chi connectivity index (χ3n) is 4.82. The summed E-state index contributed by atoms with van der Waals surface area (Å²) in [6.45, 7) is 4.09. The van der Waals surface area contributed by atoms with Crippen LogP contribution in [-0.4, -0.2) is 60.0 Å². The predicted molar refractivity (Wildman–Crippen MR) is 116 cm³/mol. The fourth-order valence-corrected chi connectivity index (χ4v) is 4.11. The Kier molecular flexibility index (Phi) is 7.38. The predicted octanol–water partition coefficient (Wildman–Crippen LogP) is 2.88. The second-order valence-electron chi connectivity index (χ2n) is 6.86. The molecule has 0 bridgehead atoms. The third kappa shape index (κ3) is 5.22. The molecule has 3 rings (SSSR count). The van der Waals surface area contributed by atoms with Crippen molar-refractivity contribution in [1.82, 2.24) is 14.9 Å². The van der Waals surface area contributed by atoms with Crippen molar-refractivity contribution in [3.05, 3.63) is 45.8 Å². The first-order valence-corrected chi connectivity index (χ1v) is 10.5. The molecule has 0 aliphatic carbocycles. The number of hydrogen-bond acceptors (Lipinski definition) is 7. The Morgan fingerprint density at radius 3 is 2.69 bits per heavy atom. The van der Waals surface area contributed by atoms with Gasteiger partial charge in [0, 0.05) is 31.1 Å². The smallest absolute Gasteiger partial charge is 0.260 e. The summed E-state index contributed by atoms with van der Waals surface area (Å²) >= 11 is 1.46. The van der Waals surface area contributed by atoms with Crippen LogP contribution in [0, 0.1) is 0 Å². The van der Waals surface area contributed by atoms with Gasteiger partial charge in [0.05, 0.1) is 31.8 Å². The van der Waals surface area contributed by atoms with Gasteiger partial charge in [0.15, 0.2) is 0 Å². The molecule has 1 atom stereocenters. The first kappa shape index (κ1) is 21.4. The van der Waals surface area contributed by atoms with Crippen molar-refractivity contribution in [1.29, 1.82) is 0 Å². The molecule has 2 heterocycles. The maximum absolute atomic E-state index is 12.8. The molecule has 0 aliphatic heterocycles. The lowest BCUT2D eigenvalue weighted by molar-refractivity contribution is 0.0817. The molecule has 0 saturated heterocycles. The van der Waals surface area contributed by atoms with Crippen molar-refractivity contribution in [3.8, 4) is 16.9 Å². The number of aliphatic hydroxyl groups is 1. The summed E-state index contributed by atoms with van der Waals surface area (Å²) in [4.78, 5) is 23.2. The Hall–Kier alpha value is -2.26. The fourth-order valence-electron chi connectivity index (χ4n) is 3.15. The number of rotatable bonds is 10. The number of H-pyrrole nitrogens is 1. The van der Waals surface area contributed by atoms with Crippen LogP contribution in [0.1, 0.15) is 19.2 Å². The van der Waals surface area contributed by atoms with E-state index in [1.54, 1.807) is 14.2 Å². The summed E-state index contributed by atoms with van der Waals surface area (Å²) in [5, 5.41) is 12.6. The summed E-state index contributed by atoms with van der Waals surface area (Å²) in [6, 6.07) is 7.63. The molecule has 0 spiro atoms. The molecular formula is C21H27N3O4S. The zero-order chi connectivity index (χ0) is 20.8. The third-order valence-corrected chi connectivity index (χ3v) is 5.69. The number of ether oxygens (including phenoxy) is 2. The van der Waals surface area contributed by atoms with E-state index in [1.807, 2.05) is 41.5 Å². The molecule has 8 heteroatoms. The van der Waals surface area contributed by atoms with E-state index in [0.29, 0.717) is 48.7 Å². The van der Waals surface area contributed by atoms with Crippen LogP contribution < -0.4 is 10.3 Å². The highest BCUT2D eigenvalue weighted by Gasteiger charge is 2.16. The van der Waals surface area contributed by atoms with Crippen LogP contribution in [0.4, 0.5) is 0 Å². The van der Waals surface area contributed by atoms with Crippen molar-refractivity contribution < 1.29 is 14.6 Å². The van der Waals surface area contributed by atoms with Gasteiger partial charge in [-0.25, -0.2) is 4.98 Å². The topological polar surface area (TPSA) is 87.7 Å². The van der Waals surface area contributed by atoms with E-state index in [9.17, 15) is 9.90 Å². The van der Waals surface area contributed by atoms with Crippen LogP contribution in [0.5, 0.6) is 5.75 Å². The summed E-state index contributed by atoms with van der Waals surface area (Å²) in [7, 11) is 3.27. The molecule has 3 aromatic rings. The van der Waals surface area contributed by atoms with Gasteiger partial charge in [0.1, 0.15) is 16.4 Å².